The van der Waals surface area contributed by atoms with E-state index in [0.717, 1.165) is 29.9 Å². The van der Waals surface area contributed by atoms with E-state index in [9.17, 15) is 0 Å². The molecule has 0 amide bonds. The average Bonchev–Trinajstić information content (AvgIpc) is 2.53. The summed E-state index contributed by atoms with van der Waals surface area (Å²) in [4.78, 5) is 0. The Balaban J connectivity index is 1.89. The second-order valence-electron chi connectivity index (χ2n) is 6.37. The van der Waals surface area contributed by atoms with Crippen LogP contribution in [0.2, 0.25) is 0 Å². The van der Waals surface area contributed by atoms with E-state index in [-0.39, 0.29) is 0 Å². The van der Waals surface area contributed by atoms with Crippen LogP contribution in [0.4, 0.5) is 0 Å². The molecule has 21 heavy (non-hydrogen) atoms. The molecule has 2 rings (SSSR count). The van der Waals surface area contributed by atoms with Crippen LogP contribution in [-0.4, -0.2) is 20.8 Å². The first kappa shape index (κ1) is 16.2. The minimum absolute atomic E-state index is 0.337. The van der Waals surface area contributed by atoms with Gasteiger partial charge in [0.25, 0.3) is 0 Å². The highest BCUT2D eigenvalue weighted by atomic mass is 16.5. The second kappa shape index (κ2) is 7.69. The maximum atomic E-state index is 5.38. The summed E-state index contributed by atoms with van der Waals surface area (Å²) in [6.45, 7) is 5.70. The summed E-state index contributed by atoms with van der Waals surface area (Å²) in [5.74, 6) is 3.35. The number of rotatable bonds is 6. The van der Waals surface area contributed by atoms with Crippen molar-refractivity contribution in [2.45, 2.75) is 45.6 Å². The predicted molar refractivity (Wildman–Crippen MR) is 87.1 cm³/mol. The molecule has 0 spiro atoms. The van der Waals surface area contributed by atoms with Gasteiger partial charge >= 0.3 is 0 Å². The fourth-order valence-corrected chi connectivity index (χ4v) is 3.12. The van der Waals surface area contributed by atoms with Crippen molar-refractivity contribution in [2.75, 3.05) is 20.8 Å². The highest BCUT2D eigenvalue weighted by Crippen LogP contribution is 2.31. The van der Waals surface area contributed by atoms with Gasteiger partial charge in [-0.2, -0.15) is 0 Å². The quantitative estimate of drug-likeness (QED) is 0.853. The molecule has 0 heterocycles. The van der Waals surface area contributed by atoms with Crippen LogP contribution in [0.25, 0.3) is 0 Å². The fourth-order valence-electron chi connectivity index (χ4n) is 3.12. The number of nitrogens with one attached hydrogen (secondary N) is 1. The molecule has 0 radical (unpaired) electrons. The molecule has 1 atom stereocenters. The van der Waals surface area contributed by atoms with Crippen molar-refractivity contribution in [3.8, 4) is 11.5 Å². The van der Waals surface area contributed by atoms with Gasteiger partial charge in [-0.05, 0) is 55.8 Å². The first-order chi connectivity index (χ1) is 10.1. The summed E-state index contributed by atoms with van der Waals surface area (Å²) < 4.78 is 10.7. The van der Waals surface area contributed by atoms with E-state index in [2.05, 4.69) is 31.3 Å². The van der Waals surface area contributed by atoms with Crippen LogP contribution in [0.3, 0.4) is 0 Å². The molecule has 1 N–H and O–H groups in total. The standard InChI is InChI=1S/C18H29NO2/c1-13-5-7-15(8-6-13)12-19-14(2)16-9-10-17(20-3)18(11-16)21-4/h9-11,13-15,19H,5-8,12H2,1-4H3. The van der Waals surface area contributed by atoms with Crippen molar-refractivity contribution >= 4 is 0 Å². The molecule has 1 aliphatic rings. The largest absolute Gasteiger partial charge is 0.493 e. The summed E-state index contributed by atoms with van der Waals surface area (Å²) in [5.41, 5.74) is 1.25. The van der Waals surface area contributed by atoms with Crippen molar-refractivity contribution in [3.05, 3.63) is 23.8 Å². The summed E-state index contributed by atoms with van der Waals surface area (Å²) in [7, 11) is 3.35. The molecule has 3 nitrogen and oxygen atoms in total. The summed E-state index contributed by atoms with van der Waals surface area (Å²) >= 11 is 0. The van der Waals surface area contributed by atoms with Crippen LogP contribution in [0.5, 0.6) is 11.5 Å². The molecule has 1 unspecified atom stereocenters. The maximum absolute atomic E-state index is 5.38. The Kier molecular flexibility index (Phi) is 5.92. The first-order valence-corrected chi connectivity index (χ1v) is 8.09. The summed E-state index contributed by atoms with van der Waals surface area (Å²) in [5, 5.41) is 3.68. The summed E-state index contributed by atoms with van der Waals surface area (Å²) in [6.07, 6.45) is 5.51. The van der Waals surface area contributed by atoms with Gasteiger partial charge in [0, 0.05) is 6.04 Å². The van der Waals surface area contributed by atoms with Crippen molar-refractivity contribution in [2.24, 2.45) is 11.8 Å². The van der Waals surface area contributed by atoms with E-state index in [0.29, 0.717) is 6.04 Å². The molecular formula is C18H29NO2. The molecule has 0 bridgehead atoms. The van der Waals surface area contributed by atoms with Crippen molar-refractivity contribution in [3.63, 3.8) is 0 Å². The normalized spacial score (nSPS) is 23.6. The van der Waals surface area contributed by atoms with E-state index >= 15 is 0 Å². The van der Waals surface area contributed by atoms with Gasteiger partial charge in [0.05, 0.1) is 14.2 Å². The highest BCUT2D eigenvalue weighted by Gasteiger charge is 2.19. The zero-order valence-electron chi connectivity index (χ0n) is 13.8. The molecule has 0 saturated heterocycles. The van der Waals surface area contributed by atoms with Gasteiger partial charge in [-0.1, -0.05) is 25.8 Å². The number of hydrogen-bond donors (Lipinski definition) is 1. The van der Waals surface area contributed by atoms with Crippen molar-refractivity contribution < 1.29 is 9.47 Å². The Morgan fingerprint density at radius 2 is 1.76 bits per heavy atom. The molecule has 1 saturated carbocycles. The third-order valence-corrected chi connectivity index (χ3v) is 4.76. The minimum atomic E-state index is 0.337. The zero-order chi connectivity index (χ0) is 15.2. The second-order valence-corrected chi connectivity index (χ2v) is 6.37. The van der Waals surface area contributed by atoms with E-state index < -0.39 is 0 Å². The first-order valence-electron chi connectivity index (χ1n) is 8.09. The number of benzene rings is 1. The molecule has 1 fully saturated rings. The van der Waals surface area contributed by atoms with E-state index in [4.69, 9.17) is 9.47 Å². The summed E-state index contributed by atoms with van der Waals surface area (Å²) in [6, 6.07) is 6.50. The third-order valence-electron chi connectivity index (χ3n) is 4.76. The zero-order valence-corrected chi connectivity index (χ0v) is 13.8. The van der Waals surface area contributed by atoms with Gasteiger partial charge in [-0.3, -0.25) is 0 Å². The molecule has 1 aromatic rings. The highest BCUT2D eigenvalue weighted by molar-refractivity contribution is 5.43. The topological polar surface area (TPSA) is 30.5 Å². The molecule has 1 aromatic carbocycles. The third kappa shape index (κ3) is 4.37. The Hall–Kier alpha value is -1.22. The Morgan fingerprint density at radius 1 is 1.10 bits per heavy atom. The van der Waals surface area contributed by atoms with Crippen molar-refractivity contribution in [1.29, 1.82) is 0 Å². The number of hydrogen-bond acceptors (Lipinski definition) is 3. The van der Waals surface area contributed by atoms with Gasteiger partial charge in [0.15, 0.2) is 11.5 Å². The van der Waals surface area contributed by atoms with Gasteiger partial charge in [0.2, 0.25) is 0 Å². The van der Waals surface area contributed by atoms with Crippen molar-refractivity contribution in [1.82, 2.24) is 5.32 Å². The Labute approximate surface area is 129 Å². The maximum Gasteiger partial charge on any atom is 0.161 e. The molecule has 1 aliphatic carbocycles. The van der Waals surface area contributed by atoms with Crippen LogP contribution in [-0.2, 0) is 0 Å². The molecule has 118 valence electrons. The fraction of sp³-hybridized carbons (Fsp3) is 0.667. The lowest BCUT2D eigenvalue weighted by atomic mass is 9.83. The lowest BCUT2D eigenvalue weighted by Crippen LogP contribution is -2.28. The van der Waals surface area contributed by atoms with Gasteiger partial charge in [-0.15, -0.1) is 0 Å². The van der Waals surface area contributed by atoms with Crippen LogP contribution in [0, 0.1) is 11.8 Å². The lowest BCUT2D eigenvalue weighted by Gasteiger charge is -2.27. The monoisotopic (exact) mass is 291 g/mol. The molecule has 0 aliphatic heterocycles. The van der Waals surface area contributed by atoms with Crippen LogP contribution in [0.1, 0.15) is 51.1 Å². The Morgan fingerprint density at radius 3 is 2.38 bits per heavy atom. The SMILES string of the molecule is COc1ccc(C(C)NCC2CCC(C)CC2)cc1OC. The molecule has 0 aromatic heterocycles. The smallest absolute Gasteiger partial charge is 0.161 e. The van der Waals surface area contributed by atoms with Crippen LogP contribution >= 0.6 is 0 Å². The lowest BCUT2D eigenvalue weighted by molar-refractivity contribution is 0.276. The minimum Gasteiger partial charge on any atom is -0.493 e. The molecule has 3 heteroatoms. The predicted octanol–water partition coefficient (Wildman–Crippen LogP) is 4.18. The van der Waals surface area contributed by atoms with Gasteiger partial charge in [-0.25, -0.2) is 0 Å². The Bertz CT molecular complexity index is 439. The van der Waals surface area contributed by atoms with Gasteiger partial charge in [0.1, 0.15) is 0 Å². The van der Waals surface area contributed by atoms with E-state index in [1.165, 1.54) is 31.2 Å². The van der Waals surface area contributed by atoms with Crippen LogP contribution in [0.15, 0.2) is 18.2 Å². The number of ether oxygens (including phenoxy) is 2. The van der Waals surface area contributed by atoms with E-state index in [1.54, 1.807) is 14.2 Å². The van der Waals surface area contributed by atoms with Gasteiger partial charge < -0.3 is 14.8 Å². The average molecular weight is 291 g/mol. The molecular weight excluding hydrogens is 262 g/mol. The van der Waals surface area contributed by atoms with E-state index in [1.807, 2.05) is 6.07 Å². The van der Waals surface area contributed by atoms with Crippen LogP contribution < -0.4 is 14.8 Å². The number of methoxy groups -OCH3 is 2.